The molecule has 5 nitrogen and oxygen atoms in total. The number of aliphatic carboxylic acids is 1. The molecule has 0 aromatic heterocycles. The van der Waals surface area contributed by atoms with Crippen molar-refractivity contribution in [3.8, 4) is 0 Å². The van der Waals surface area contributed by atoms with E-state index in [1.165, 1.54) is 0 Å². The van der Waals surface area contributed by atoms with Gasteiger partial charge in [-0.2, -0.15) is 0 Å². The molecule has 1 heterocycles. The lowest BCUT2D eigenvalue weighted by Crippen LogP contribution is -2.55. The number of nitrogens with zero attached hydrogens (tertiary/aromatic N) is 1. The van der Waals surface area contributed by atoms with Crippen LogP contribution in [0.4, 0.5) is 0 Å². The number of nitrogens with one attached hydrogen (secondary N) is 1. The van der Waals surface area contributed by atoms with Crippen LogP contribution in [0.5, 0.6) is 0 Å². The number of amides is 1. The van der Waals surface area contributed by atoms with Gasteiger partial charge < -0.3 is 10.4 Å². The second-order valence-electron chi connectivity index (χ2n) is 3.96. The SMILES string of the molecule is O=C(O)CC1CNC(=O)CN1C1CC1. The monoisotopic (exact) mass is 198 g/mol. The van der Waals surface area contributed by atoms with Crippen LogP contribution >= 0.6 is 0 Å². The van der Waals surface area contributed by atoms with Gasteiger partial charge in [0.2, 0.25) is 5.91 Å². The van der Waals surface area contributed by atoms with Gasteiger partial charge in [-0.1, -0.05) is 0 Å². The van der Waals surface area contributed by atoms with E-state index in [1.807, 2.05) is 4.90 Å². The highest BCUT2D eigenvalue weighted by Gasteiger charge is 2.38. The summed E-state index contributed by atoms with van der Waals surface area (Å²) in [6.07, 6.45) is 2.32. The molecule has 1 unspecified atom stereocenters. The Labute approximate surface area is 82.1 Å². The molecule has 5 heteroatoms. The molecule has 1 aliphatic carbocycles. The Kier molecular flexibility index (Phi) is 2.41. The number of rotatable bonds is 3. The van der Waals surface area contributed by atoms with Gasteiger partial charge in [-0.15, -0.1) is 0 Å². The second-order valence-corrected chi connectivity index (χ2v) is 3.96. The minimum absolute atomic E-state index is 0.0125. The predicted molar refractivity (Wildman–Crippen MR) is 48.8 cm³/mol. The van der Waals surface area contributed by atoms with Crippen molar-refractivity contribution >= 4 is 11.9 Å². The van der Waals surface area contributed by atoms with Crippen LogP contribution in [0, 0.1) is 0 Å². The van der Waals surface area contributed by atoms with Gasteiger partial charge in [0.25, 0.3) is 0 Å². The molecule has 1 amide bonds. The number of carboxylic acid groups (broad SMARTS) is 1. The Balaban J connectivity index is 1.98. The van der Waals surface area contributed by atoms with Crippen LogP contribution in [0.15, 0.2) is 0 Å². The summed E-state index contributed by atoms with van der Waals surface area (Å²) in [5.74, 6) is -0.782. The summed E-state index contributed by atoms with van der Waals surface area (Å²) in [4.78, 5) is 23.8. The zero-order valence-electron chi connectivity index (χ0n) is 7.90. The molecule has 1 atom stereocenters. The first-order valence-electron chi connectivity index (χ1n) is 4.91. The number of carboxylic acids is 1. The molecule has 0 aromatic rings. The normalized spacial score (nSPS) is 28.6. The predicted octanol–water partition coefficient (Wildman–Crippen LogP) is -0.576. The molecule has 1 saturated heterocycles. The molecule has 1 aliphatic heterocycles. The molecule has 2 rings (SSSR count). The van der Waals surface area contributed by atoms with Gasteiger partial charge in [0, 0.05) is 18.6 Å². The van der Waals surface area contributed by atoms with Crippen LogP contribution in [0.1, 0.15) is 19.3 Å². The number of carbonyl (C=O) groups excluding carboxylic acids is 1. The van der Waals surface area contributed by atoms with Gasteiger partial charge >= 0.3 is 5.97 Å². The van der Waals surface area contributed by atoms with Gasteiger partial charge in [-0.25, -0.2) is 0 Å². The van der Waals surface area contributed by atoms with Crippen molar-refractivity contribution in [1.82, 2.24) is 10.2 Å². The molecule has 0 aromatic carbocycles. The Hall–Kier alpha value is -1.10. The molecular weight excluding hydrogens is 184 g/mol. The minimum Gasteiger partial charge on any atom is -0.481 e. The van der Waals surface area contributed by atoms with E-state index in [1.54, 1.807) is 0 Å². The number of hydrogen-bond acceptors (Lipinski definition) is 3. The Morgan fingerprint density at radius 1 is 1.57 bits per heavy atom. The van der Waals surface area contributed by atoms with Crippen molar-refractivity contribution in [3.05, 3.63) is 0 Å². The summed E-state index contributed by atoms with van der Waals surface area (Å²) in [5, 5.41) is 11.4. The fourth-order valence-corrected chi connectivity index (χ4v) is 1.92. The van der Waals surface area contributed by atoms with Crippen molar-refractivity contribution < 1.29 is 14.7 Å². The zero-order valence-corrected chi connectivity index (χ0v) is 7.90. The summed E-state index contributed by atoms with van der Waals surface area (Å²) in [6.45, 7) is 0.838. The Bertz CT molecular complexity index is 263. The average molecular weight is 198 g/mol. The maximum atomic E-state index is 11.1. The van der Waals surface area contributed by atoms with Crippen molar-refractivity contribution in [2.24, 2.45) is 0 Å². The fourth-order valence-electron chi connectivity index (χ4n) is 1.92. The maximum absolute atomic E-state index is 11.1. The molecule has 1 saturated carbocycles. The highest BCUT2D eigenvalue weighted by Crippen LogP contribution is 2.29. The van der Waals surface area contributed by atoms with Crippen LogP contribution < -0.4 is 5.32 Å². The lowest BCUT2D eigenvalue weighted by Gasteiger charge is -2.34. The lowest BCUT2D eigenvalue weighted by molar-refractivity contribution is -0.140. The lowest BCUT2D eigenvalue weighted by atomic mass is 10.1. The molecule has 0 bridgehead atoms. The summed E-state index contributed by atoms with van der Waals surface area (Å²) in [7, 11) is 0. The largest absolute Gasteiger partial charge is 0.481 e. The van der Waals surface area contributed by atoms with E-state index in [9.17, 15) is 9.59 Å². The van der Waals surface area contributed by atoms with E-state index < -0.39 is 5.97 Å². The topological polar surface area (TPSA) is 69.6 Å². The third-order valence-corrected chi connectivity index (χ3v) is 2.76. The minimum atomic E-state index is -0.795. The molecule has 14 heavy (non-hydrogen) atoms. The zero-order chi connectivity index (χ0) is 10.1. The van der Waals surface area contributed by atoms with Gasteiger partial charge in [-0.3, -0.25) is 14.5 Å². The smallest absolute Gasteiger partial charge is 0.305 e. The molecular formula is C9H14N2O3. The highest BCUT2D eigenvalue weighted by molar-refractivity contribution is 5.79. The third kappa shape index (κ3) is 2.04. The van der Waals surface area contributed by atoms with E-state index >= 15 is 0 Å². The Morgan fingerprint density at radius 3 is 2.86 bits per heavy atom. The summed E-state index contributed by atoms with van der Waals surface area (Å²) < 4.78 is 0. The van der Waals surface area contributed by atoms with Crippen molar-refractivity contribution in [1.29, 1.82) is 0 Å². The molecule has 0 spiro atoms. The number of hydrogen-bond donors (Lipinski definition) is 2. The van der Waals surface area contributed by atoms with Crippen LogP contribution in [0.2, 0.25) is 0 Å². The molecule has 0 radical (unpaired) electrons. The summed E-state index contributed by atoms with van der Waals surface area (Å²) in [6, 6.07) is 0.433. The molecule has 2 fully saturated rings. The number of carbonyl (C=O) groups is 2. The first-order chi connectivity index (χ1) is 6.66. The first-order valence-corrected chi connectivity index (χ1v) is 4.91. The van der Waals surface area contributed by atoms with Crippen LogP contribution in [-0.2, 0) is 9.59 Å². The fraction of sp³-hybridized carbons (Fsp3) is 0.778. The molecule has 78 valence electrons. The van der Waals surface area contributed by atoms with E-state index in [0.29, 0.717) is 19.1 Å². The van der Waals surface area contributed by atoms with E-state index in [0.717, 1.165) is 12.8 Å². The van der Waals surface area contributed by atoms with E-state index in [2.05, 4.69) is 5.32 Å². The maximum Gasteiger partial charge on any atom is 0.305 e. The molecule has 2 N–H and O–H groups in total. The quantitative estimate of drug-likeness (QED) is 0.636. The first kappa shape index (κ1) is 9.45. The van der Waals surface area contributed by atoms with Crippen molar-refractivity contribution in [2.75, 3.05) is 13.1 Å². The average Bonchev–Trinajstić information content (AvgIpc) is 2.90. The highest BCUT2D eigenvalue weighted by atomic mass is 16.4. The van der Waals surface area contributed by atoms with Crippen molar-refractivity contribution in [3.63, 3.8) is 0 Å². The summed E-state index contributed by atoms with van der Waals surface area (Å²) in [5.41, 5.74) is 0. The third-order valence-electron chi connectivity index (χ3n) is 2.76. The van der Waals surface area contributed by atoms with Crippen LogP contribution in [-0.4, -0.2) is 47.1 Å². The van der Waals surface area contributed by atoms with Crippen molar-refractivity contribution in [2.45, 2.75) is 31.3 Å². The van der Waals surface area contributed by atoms with Gasteiger partial charge in [-0.05, 0) is 12.8 Å². The van der Waals surface area contributed by atoms with Gasteiger partial charge in [0.1, 0.15) is 0 Å². The molecule has 2 aliphatic rings. The van der Waals surface area contributed by atoms with Gasteiger partial charge in [0.05, 0.1) is 13.0 Å². The standard InChI is InChI=1S/C9H14N2O3/c12-8-5-11(6-1-2-6)7(4-10-8)3-9(13)14/h6-7H,1-5H2,(H,10,12)(H,13,14). The van der Waals surface area contributed by atoms with Crippen LogP contribution in [0.3, 0.4) is 0 Å². The van der Waals surface area contributed by atoms with Crippen LogP contribution in [0.25, 0.3) is 0 Å². The Morgan fingerprint density at radius 2 is 2.29 bits per heavy atom. The number of piperazine rings is 1. The van der Waals surface area contributed by atoms with Gasteiger partial charge in [0.15, 0.2) is 0 Å². The summed E-state index contributed by atoms with van der Waals surface area (Å²) >= 11 is 0. The van der Waals surface area contributed by atoms with E-state index in [4.69, 9.17) is 5.11 Å². The van der Waals surface area contributed by atoms with E-state index in [-0.39, 0.29) is 18.4 Å². The second kappa shape index (κ2) is 3.57.